The lowest BCUT2D eigenvalue weighted by atomic mass is 9.97. The van der Waals surface area contributed by atoms with Gasteiger partial charge in [-0.25, -0.2) is 4.79 Å². The summed E-state index contributed by atoms with van der Waals surface area (Å²) in [5, 5.41) is 12.5. The molecule has 1 aliphatic heterocycles. The Bertz CT molecular complexity index is 648. The average molecular weight is 448 g/mol. The van der Waals surface area contributed by atoms with Gasteiger partial charge in [-0.15, -0.1) is 0 Å². The smallest absolute Gasteiger partial charge is 0.408 e. The third kappa shape index (κ3) is 5.62. The van der Waals surface area contributed by atoms with E-state index in [1.807, 2.05) is 0 Å². The number of nitrogens with zero attached hydrogens (tertiary/aromatic N) is 1. The van der Waals surface area contributed by atoms with E-state index in [-0.39, 0.29) is 33.9 Å². The number of hydrogen-bond acceptors (Lipinski definition) is 6. The van der Waals surface area contributed by atoms with Crippen molar-refractivity contribution in [2.45, 2.75) is 103 Å². The van der Waals surface area contributed by atoms with Gasteiger partial charge in [0.2, 0.25) is 0 Å². The molecule has 1 heterocycles. The van der Waals surface area contributed by atoms with E-state index in [1.54, 1.807) is 13.8 Å². The predicted octanol–water partition coefficient (Wildman–Crippen LogP) is 4.62. The van der Waals surface area contributed by atoms with Crippen LogP contribution < -0.4 is 0 Å². The van der Waals surface area contributed by atoms with Crippen LogP contribution in [0.25, 0.3) is 0 Å². The van der Waals surface area contributed by atoms with E-state index in [4.69, 9.17) is 18.4 Å². The van der Waals surface area contributed by atoms with E-state index in [9.17, 15) is 10.0 Å². The van der Waals surface area contributed by atoms with Crippen molar-refractivity contribution in [3.8, 4) is 0 Å². The van der Waals surface area contributed by atoms with E-state index >= 15 is 0 Å². The van der Waals surface area contributed by atoms with E-state index in [2.05, 4.69) is 67.7 Å². The first-order valence-corrected chi connectivity index (χ1v) is 16.1. The third-order valence-corrected chi connectivity index (χ3v) is 15.4. The van der Waals surface area contributed by atoms with E-state index in [1.165, 1.54) is 0 Å². The molecule has 0 amide bonds. The van der Waals surface area contributed by atoms with Gasteiger partial charge in [-0.05, 0) is 50.1 Å². The molecule has 0 saturated carbocycles. The first kappa shape index (κ1) is 26.1. The summed E-state index contributed by atoms with van der Waals surface area (Å²) in [4.78, 5) is 18.5. The Labute approximate surface area is 178 Å². The molecule has 0 fully saturated rings. The standard InChI is InChI=1S/C20H41NO6Si2/c1-13-24-17(22)15-16(26-29(11,12)19(5,6)7)20(8,27-21(15)23)14-25-28(9,10)18(2,3)4/h16H,13-14H2,1-12H3/t16-,20-/m0/s1. The van der Waals surface area contributed by atoms with Gasteiger partial charge < -0.3 is 18.4 Å². The van der Waals surface area contributed by atoms with Gasteiger partial charge in [-0.2, -0.15) is 0 Å². The van der Waals surface area contributed by atoms with E-state index < -0.39 is 34.3 Å². The second-order valence-corrected chi connectivity index (χ2v) is 20.6. The Morgan fingerprint density at radius 2 is 1.59 bits per heavy atom. The Hall–Kier alpha value is -0.906. The van der Waals surface area contributed by atoms with Crippen LogP contribution in [0, 0.1) is 5.21 Å². The minimum Gasteiger partial charge on any atom is -0.458 e. The molecule has 0 radical (unpaired) electrons. The van der Waals surface area contributed by atoms with Crippen LogP contribution in [0.2, 0.25) is 36.3 Å². The van der Waals surface area contributed by atoms with Crippen molar-refractivity contribution in [1.29, 1.82) is 0 Å². The second kappa shape index (κ2) is 8.32. The largest absolute Gasteiger partial charge is 0.458 e. The van der Waals surface area contributed by atoms with Crippen LogP contribution >= 0.6 is 0 Å². The zero-order valence-electron chi connectivity index (χ0n) is 20.4. The highest BCUT2D eigenvalue weighted by molar-refractivity contribution is 6.74. The molecular formula is C20H41NO6Si2. The van der Waals surface area contributed by atoms with Crippen molar-refractivity contribution in [3.05, 3.63) is 5.21 Å². The zero-order valence-corrected chi connectivity index (χ0v) is 22.4. The van der Waals surface area contributed by atoms with Crippen LogP contribution in [0.1, 0.15) is 55.4 Å². The minimum absolute atomic E-state index is 0.00257. The third-order valence-electron chi connectivity index (χ3n) is 6.52. The number of ether oxygens (including phenoxy) is 1. The van der Waals surface area contributed by atoms with Gasteiger partial charge in [0.1, 0.15) is 5.60 Å². The Balaban J connectivity index is 3.30. The molecule has 170 valence electrons. The van der Waals surface area contributed by atoms with Gasteiger partial charge in [-0.3, -0.25) is 5.21 Å². The summed E-state index contributed by atoms with van der Waals surface area (Å²) >= 11 is 0. The quantitative estimate of drug-likeness (QED) is 0.322. The van der Waals surface area contributed by atoms with Crippen molar-refractivity contribution in [3.63, 3.8) is 0 Å². The van der Waals surface area contributed by atoms with Crippen molar-refractivity contribution < 1.29 is 28.1 Å². The van der Waals surface area contributed by atoms with E-state index in [0.29, 0.717) is 0 Å². The summed E-state index contributed by atoms with van der Waals surface area (Å²) in [6.45, 7) is 25.0. The fraction of sp³-hybridized carbons (Fsp3) is 0.900. The molecule has 1 rings (SSSR count). The maximum absolute atomic E-state index is 12.6. The lowest BCUT2D eigenvalue weighted by Gasteiger charge is -2.43. The average Bonchev–Trinajstić information content (AvgIpc) is 2.74. The summed E-state index contributed by atoms with van der Waals surface area (Å²) in [5.74, 6) is -0.706. The van der Waals surface area contributed by atoms with Gasteiger partial charge >= 0.3 is 11.7 Å². The normalized spacial score (nSPS) is 23.9. The maximum Gasteiger partial charge on any atom is 0.408 e. The molecular weight excluding hydrogens is 406 g/mol. The zero-order chi connectivity index (χ0) is 23.1. The molecule has 0 aromatic rings. The van der Waals surface area contributed by atoms with Gasteiger partial charge in [0.05, 0.1) is 18.1 Å². The summed E-state index contributed by atoms with van der Waals surface area (Å²) < 4.78 is 18.0. The molecule has 0 unspecified atom stereocenters. The molecule has 0 bridgehead atoms. The lowest BCUT2D eigenvalue weighted by Crippen LogP contribution is -2.57. The molecule has 7 nitrogen and oxygen atoms in total. The SMILES string of the molecule is CCOC(=O)C1=[N+]([O-])O[C@@](C)(CO[Si](C)(C)C(C)(C)C)[C@H]1O[Si](C)(C)C(C)(C)C. The van der Waals surface area contributed by atoms with E-state index in [0.717, 1.165) is 0 Å². The van der Waals surface area contributed by atoms with Crippen LogP contribution in [0.15, 0.2) is 0 Å². The molecule has 0 aromatic heterocycles. The highest BCUT2D eigenvalue weighted by Gasteiger charge is 2.58. The minimum atomic E-state index is -2.33. The molecule has 0 N–H and O–H groups in total. The molecule has 0 aromatic carbocycles. The molecule has 29 heavy (non-hydrogen) atoms. The fourth-order valence-corrected chi connectivity index (χ4v) is 4.74. The van der Waals surface area contributed by atoms with Crippen LogP contribution in [0.5, 0.6) is 0 Å². The highest BCUT2D eigenvalue weighted by Crippen LogP contribution is 2.42. The highest BCUT2D eigenvalue weighted by atomic mass is 28.4. The first-order valence-electron chi connectivity index (χ1n) is 10.3. The number of carbonyl (C=O) groups excluding carboxylic acids is 1. The number of carbonyl (C=O) groups is 1. The number of rotatable bonds is 7. The molecule has 0 spiro atoms. The molecule has 9 heteroatoms. The van der Waals surface area contributed by atoms with Crippen molar-refractivity contribution in [2.75, 3.05) is 13.2 Å². The van der Waals surface area contributed by atoms with Gasteiger partial charge in [0, 0.05) is 0 Å². The Morgan fingerprint density at radius 1 is 1.10 bits per heavy atom. The Morgan fingerprint density at radius 3 is 2.00 bits per heavy atom. The van der Waals surface area contributed by atoms with Gasteiger partial charge in [-0.1, -0.05) is 41.5 Å². The number of esters is 1. The topological polar surface area (TPSA) is 80.1 Å². The molecule has 0 saturated heterocycles. The maximum atomic E-state index is 12.6. The van der Waals surface area contributed by atoms with Crippen LogP contribution in [0.4, 0.5) is 0 Å². The van der Waals surface area contributed by atoms with Crippen molar-refractivity contribution in [1.82, 2.24) is 0 Å². The van der Waals surface area contributed by atoms with Gasteiger partial charge in [0.25, 0.3) is 0 Å². The Kier molecular flexibility index (Phi) is 7.49. The number of hydrogen-bond donors (Lipinski definition) is 0. The van der Waals surface area contributed by atoms with Gasteiger partial charge in [0.15, 0.2) is 22.7 Å². The summed E-state index contributed by atoms with van der Waals surface area (Å²) in [6, 6.07) is 0. The monoisotopic (exact) mass is 447 g/mol. The summed E-state index contributed by atoms with van der Waals surface area (Å²) in [7, 11) is -4.43. The predicted molar refractivity (Wildman–Crippen MR) is 120 cm³/mol. The first-order chi connectivity index (χ1) is 12.8. The van der Waals surface area contributed by atoms with Crippen molar-refractivity contribution >= 4 is 28.3 Å². The summed E-state index contributed by atoms with van der Waals surface area (Å²) in [5.41, 5.74) is -1.26. The van der Waals surface area contributed by atoms with Crippen LogP contribution in [-0.2, 0) is 23.2 Å². The molecule has 2 atom stereocenters. The van der Waals surface area contributed by atoms with Crippen molar-refractivity contribution in [2.24, 2.45) is 0 Å². The summed E-state index contributed by atoms with van der Waals surface area (Å²) in [6.07, 6.45) is -0.857. The second-order valence-electron chi connectivity index (χ2n) is 11.1. The molecule has 1 aliphatic rings. The molecule has 0 aliphatic carbocycles. The van der Waals surface area contributed by atoms with Crippen LogP contribution in [0.3, 0.4) is 0 Å². The fourth-order valence-electron chi connectivity index (χ4n) is 2.35. The van der Waals surface area contributed by atoms with Crippen LogP contribution in [-0.4, -0.2) is 58.1 Å². The lowest BCUT2D eigenvalue weighted by molar-refractivity contribution is -0.751.